The van der Waals surface area contributed by atoms with E-state index in [9.17, 15) is 8.42 Å². The van der Waals surface area contributed by atoms with Gasteiger partial charge in [0.25, 0.3) is 10.0 Å². The highest BCUT2D eigenvalue weighted by Crippen LogP contribution is 2.20. The molecule has 0 unspecified atom stereocenters. The summed E-state index contributed by atoms with van der Waals surface area (Å²) < 4.78 is 26.5. The van der Waals surface area contributed by atoms with Crippen LogP contribution in [0.3, 0.4) is 0 Å². The standard InChI is InChI=1S/C14H13N3O2S/c15-10-11-3-5-12(6-4-11)20(18,19)17-9-7-13-14(17)2-1-8-16-13/h1-9H,10,15H2. The SMILES string of the molecule is NCc1ccc(S(=O)(=O)n2ccc3ncccc32)cc1. The van der Waals surface area contributed by atoms with Crippen LogP contribution in [0.25, 0.3) is 11.0 Å². The van der Waals surface area contributed by atoms with Gasteiger partial charge >= 0.3 is 0 Å². The van der Waals surface area contributed by atoms with E-state index in [0.717, 1.165) is 5.56 Å². The normalized spacial score (nSPS) is 11.8. The van der Waals surface area contributed by atoms with Gasteiger partial charge in [-0.3, -0.25) is 4.98 Å². The maximum Gasteiger partial charge on any atom is 0.268 e. The van der Waals surface area contributed by atoms with Crippen LogP contribution in [0.5, 0.6) is 0 Å². The first-order chi connectivity index (χ1) is 9.63. The van der Waals surface area contributed by atoms with Gasteiger partial charge in [0.15, 0.2) is 0 Å². The van der Waals surface area contributed by atoms with Crippen LogP contribution in [0.15, 0.2) is 59.8 Å². The Labute approximate surface area is 116 Å². The van der Waals surface area contributed by atoms with E-state index in [4.69, 9.17) is 5.73 Å². The number of benzene rings is 1. The molecule has 102 valence electrons. The minimum Gasteiger partial charge on any atom is -0.326 e. The van der Waals surface area contributed by atoms with Gasteiger partial charge in [0.1, 0.15) is 0 Å². The highest BCUT2D eigenvalue weighted by Gasteiger charge is 2.18. The smallest absolute Gasteiger partial charge is 0.268 e. The van der Waals surface area contributed by atoms with E-state index in [0.29, 0.717) is 17.6 Å². The molecule has 0 bridgehead atoms. The fourth-order valence-electron chi connectivity index (χ4n) is 2.06. The van der Waals surface area contributed by atoms with E-state index in [1.54, 1.807) is 48.7 Å². The van der Waals surface area contributed by atoms with E-state index < -0.39 is 10.0 Å². The Balaban J connectivity index is 2.15. The maximum absolute atomic E-state index is 12.6. The van der Waals surface area contributed by atoms with Crippen LogP contribution in [0.4, 0.5) is 0 Å². The Kier molecular flexibility index (Phi) is 3.04. The van der Waals surface area contributed by atoms with Crippen molar-refractivity contribution in [3.63, 3.8) is 0 Å². The molecule has 2 N–H and O–H groups in total. The molecular weight excluding hydrogens is 274 g/mol. The molecule has 1 aromatic carbocycles. The zero-order valence-electron chi connectivity index (χ0n) is 10.6. The van der Waals surface area contributed by atoms with Crippen molar-refractivity contribution in [2.45, 2.75) is 11.4 Å². The summed E-state index contributed by atoms with van der Waals surface area (Å²) in [4.78, 5) is 4.37. The molecule has 5 nitrogen and oxygen atoms in total. The molecule has 0 aliphatic carbocycles. The lowest BCUT2D eigenvalue weighted by molar-refractivity contribution is 0.589. The van der Waals surface area contributed by atoms with Crippen molar-refractivity contribution in [1.29, 1.82) is 0 Å². The largest absolute Gasteiger partial charge is 0.326 e. The van der Waals surface area contributed by atoms with Gasteiger partial charge in [-0.2, -0.15) is 0 Å². The molecular formula is C14H13N3O2S. The van der Waals surface area contributed by atoms with Crippen molar-refractivity contribution in [2.75, 3.05) is 0 Å². The Morgan fingerprint density at radius 3 is 2.55 bits per heavy atom. The fraction of sp³-hybridized carbons (Fsp3) is 0.0714. The van der Waals surface area contributed by atoms with Crippen LogP contribution < -0.4 is 5.73 Å². The third-order valence-corrected chi connectivity index (χ3v) is 4.84. The van der Waals surface area contributed by atoms with Crippen molar-refractivity contribution in [2.24, 2.45) is 5.73 Å². The number of rotatable bonds is 3. The second kappa shape index (κ2) is 4.73. The Morgan fingerprint density at radius 2 is 1.85 bits per heavy atom. The number of hydrogen-bond acceptors (Lipinski definition) is 4. The second-order valence-electron chi connectivity index (χ2n) is 4.37. The van der Waals surface area contributed by atoms with Crippen LogP contribution in [0.1, 0.15) is 5.56 Å². The first kappa shape index (κ1) is 12.8. The first-order valence-electron chi connectivity index (χ1n) is 6.09. The van der Waals surface area contributed by atoms with Crippen molar-refractivity contribution in [1.82, 2.24) is 8.96 Å². The molecule has 0 atom stereocenters. The number of fused-ring (bicyclic) bond motifs is 1. The molecule has 2 aromatic heterocycles. The lowest BCUT2D eigenvalue weighted by Crippen LogP contribution is -2.12. The van der Waals surface area contributed by atoms with E-state index in [1.807, 2.05) is 0 Å². The molecule has 0 aliphatic heterocycles. The molecule has 6 heteroatoms. The Hall–Kier alpha value is -2.18. The van der Waals surface area contributed by atoms with Gasteiger partial charge in [0, 0.05) is 18.9 Å². The zero-order valence-corrected chi connectivity index (χ0v) is 11.4. The summed E-state index contributed by atoms with van der Waals surface area (Å²) in [6, 6.07) is 11.7. The average Bonchev–Trinajstić information content (AvgIpc) is 2.92. The van der Waals surface area contributed by atoms with Crippen LogP contribution >= 0.6 is 0 Å². The predicted octanol–water partition coefficient (Wildman–Crippen LogP) is 1.73. The van der Waals surface area contributed by atoms with Gasteiger partial charge in [-0.15, -0.1) is 0 Å². The number of aromatic nitrogens is 2. The Bertz CT molecular complexity index is 852. The van der Waals surface area contributed by atoms with Gasteiger partial charge in [-0.05, 0) is 35.9 Å². The van der Waals surface area contributed by atoms with Gasteiger partial charge in [0.05, 0.1) is 15.9 Å². The van der Waals surface area contributed by atoms with Crippen molar-refractivity contribution < 1.29 is 8.42 Å². The third kappa shape index (κ3) is 1.99. The fourth-order valence-corrected chi connectivity index (χ4v) is 3.40. The summed E-state index contributed by atoms with van der Waals surface area (Å²) in [5.41, 5.74) is 7.62. The van der Waals surface area contributed by atoms with Crippen molar-refractivity contribution in [3.05, 3.63) is 60.4 Å². The van der Waals surface area contributed by atoms with E-state index in [2.05, 4.69) is 4.98 Å². The molecule has 3 aromatic rings. The molecule has 2 heterocycles. The number of hydrogen-bond donors (Lipinski definition) is 1. The van der Waals surface area contributed by atoms with Crippen molar-refractivity contribution >= 4 is 21.1 Å². The summed E-state index contributed by atoms with van der Waals surface area (Å²) >= 11 is 0. The van der Waals surface area contributed by atoms with Crippen LogP contribution in [0.2, 0.25) is 0 Å². The summed E-state index contributed by atoms with van der Waals surface area (Å²) in [6.07, 6.45) is 3.15. The topological polar surface area (TPSA) is 78.0 Å². The van der Waals surface area contributed by atoms with Crippen LogP contribution in [0, 0.1) is 0 Å². The molecule has 3 rings (SSSR count). The van der Waals surface area contributed by atoms with E-state index in [1.165, 1.54) is 10.2 Å². The second-order valence-corrected chi connectivity index (χ2v) is 6.19. The summed E-state index contributed by atoms with van der Waals surface area (Å²) in [6.45, 7) is 0.386. The Morgan fingerprint density at radius 1 is 1.10 bits per heavy atom. The van der Waals surface area contributed by atoms with Gasteiger partial charge in [0.2, 0.25) is 0 Å². The van der Waals surface area contributed by atoms with E-state index in [-0.39, 0.29) is 4.90 Å². The predicted molar refractivity (Wildman–Crippen MR) is 76.7 cm³/mol. The number of pyridine rings is 1. The molecule has 0 saturated carbocycles. The van der Waals surface area contributed by atoms with Gasteiger partial charge < -0.3 is 5.73 Å². The molecule has 20 heavy (non-hydrogen) atoms. The molecule has 0 radical (unpaired) electrons. The lowest BCUT2D eigenvalue weighted by atomic mass is 10.2. The minimum absolute atomic E-state index is 0.232. The monoisotopic (exact) mass is 287 g/mol. The first-order valence-corrected chi connectivity index (χ1v) is 7.53. The molecule has 0 amide bonds. The van der Waals surface area contributed by atoms with E-state index >= 15 is 0 Å². The average molecular weight is 287 g/mol. The quantitative estimate of drug-likeness (QED) is 0.795. The van der Waals surface area contributed by atoms with Gasteiger partial charge in [-0.1, -0.05) is 12.1 Å². The zero-order chi connectivity index (χ0) is 14.2. The molecule has 0 spiro atoms. The highest BCUT2D eigenvalue weighted by atomic mass is 32.2. The van der Waals surface area contributed by atoms with Crippen LogP contribution in [-0.2, 0) is 16.6 Å². The summed E-state index contributed by atoms with van der Waals surface area (Å²) in [7, 11) is -3.61. The number of nitrogens with zero attached hydrogens (tertiary/aromatic N) is 2. The molecule has 0 fully saturated rings. The highest BCUT2D eigenvalue weighted by molar-refractivity contribution is 7.90. The summed E-state index contributed by atoms with van der Waals surface area (Å²) in [5.74, 6) is 0. The molecule has 0 saturated heterocycles. The van der Waals surface area contributed by atoms with Crippen molar-refractivity contribution in [3.8, 4) is 0 Å². The minimum atomic E-state index is -3.61. The third-order valence-electron chi connectivity index (χ3n) is 3.14. The maximum atomic E-state index is 12.6. The number of nitrogens with two attached hydrogens (primary N) is 1. The van der Waals surface area contributed by atoms with Gasteiger partial charge in [-0.25, -0.2) is 12.4 Å². The lowest BCUT2D eigenvalue weighted by Gasteiger charge is -2.08. The van der Waals surface area contributed by atoms with Crippen LogP contribution in [-0.4, -0.2) is 17.4 Å². The molecule has 0 aliphatic rings. The summed E-state index contributed by atoms with van der Waals surface area (Å²) in [5, 5.41) is 0.